The van der Waals surface area contributed by atoms with Gasteiger partial charge in [0.15, 0.2) is 5.43 Å². The highest BCUT2D eigenvalue weighted by molar-refractivity contribution is 5.86. The SMILES string of the molecule is COc1cc(OC)c2c(=O)cc(-c3cc(C)c(OCCCN4CCCC4)c(C)c3)oc2c1. The molecule has 32 heavy (non-hydrogen) atoms. The van der Waals surface area contributed by atoms with E-state index in [1.54, 1.807) is 19.2 Å². The van der Waals surface area contributed by atoms with Gasteiger partial charge < -0.3 is 23.5 Å². The van der Waals surface area contributed by atoms with Gasteiger partial charge in [-0.1, -0.05) is 0 Å². The molecule has 4 rings (SSSR count). The topological polar surface area (TPSA) is 61.1 Å². The minimum atomic E-state index is -0.154. The number of hydrogen-bond donors (Lipinski definition) is 0. The zero-order valence-electron chi connectivity index (χ0n) is 19.3. The molecular formula is C26H31NO5. The van der Waals surface area contributed by atoms with E-state index in [2.05, 4.69) is 4.90 Å². The van der Waals surface area contributed by atoms with Gasteiger partial charge in [-0.15, -0.1) is 0 Å². The highest BCUT2D eigenvalue weighted by atomic mass is 16.5. The number of ether oxygens (including phenoxy) is 3. The monoisotopic (exact) mass is 437 g/mol. The molecule has 1 saturated heterocycles. The fourth-order valence-electron chi connectivity index (χ4n) is 4.44. The van der Waals surface area contributed by atoms with E-state index in [0.29, 0.717) is 34.8 Å². The number of rotatable bonds is 8. The summed E-state index contributed by atoms with van der Waals surface area (Å²) in [6.07, 6.45) is 3.64. The Balaban J connectivity index is 1.58. The number of benzene rings is 2. The van der Waals surface area contributed by atoms with Crippen molar-refractivity contribution >= 4 is 11.0 Å². The number of hydrogen-bond acceptors (Lipinski definition) is 6. The summed E-state index contributed by atoms with van der Waals surface area (Å²) in [5, 5.41) is 0.406. The second kappa shape index (κ2) is 9.65. The molecule has 1 fully saturated rings. The summed E-state index contributed by atoms with van der Waals surface area (Å²) in [6.45, 7) is 8.26. The summed E-state index contributed by atoms with van der Waals surface area (Å²) in [5.74, 6) is 2.41. The summed E-state index contributed by atoms with van der Waals surface area (Å²) in [4.78, 5) is 15.4. The number of methoxy groups -OCH3 is 2. The zero-order chi connectivity index (χ0) is 22.7. The average Bonchev–Trinajstić information content (AvgIpc) is 3.30. The minimum absolute atomic E-state index is 0.154. The molecule has 0 spiro atoms. The van der Waals surface area contributed by atoms with Crippen molar-refractivity contribution in [1.82, 2.24) is 4.90 Å². The average molecular weight is 438 g/mol. The first-order valence-corrected chi connectivity index (χ1v) is 11.2. The van der Waals surface area contributed by atoms with Gasteiger partial charge in [0, 0.05) is 30.3 Å². The molecule has 1 aromatic heterocycles. The summed E-state index contributed by atoms with van der Waals surface area (Å²) in [6, 6.07) is 8.92. The van der Waals surface area contributed by atoms with E-state index < -0.39 is 0 Å². The largest absolute Gasteiger partial charge is 0.496 e. The molecule has 0 amide bonds. The Bertz CT molecular complexity index is 1140. The molecule has 1 aliphatic heterocycles. The van der Waals surface area contributed by atoms with Crippen LogP contribution in [-0.4, -0.2) is 45.4 Å². The van der Waals surface area contributed by atoms with E-state index >= 15 is 0 Å². The molecule has 6 nitrogen and oxygen atoms in total. The molecule has 0 radical (unpaired) electrons. The van der Waals surface area contributed by atoms with E-state index in [9.17, 15) is 4.79 Å². The molecule has 0 N–H and O–H groups in total. The van der Waals surface area contributed by atoms with Gasteiger partial charge in [0.05, 0.1) is 20.8 Å². The number of fused-ring (bicyclic) bond motifs is 1. The smallest absolute Gasteiger partial charge is 0.197 e. The van der Waals surface area contributed by atoms with Gasteiger partial charge in [0.25, 0.3) is 0 Å². The van der Waals surface area contributed by atoms with Crippen LogP contribution in [0.25, 0.3) is 22.3 Å². The van der Waals surface area contributed by atoms with Gasteiger partial charge in [-0.2, -0.15) is 0 Å². The molecule has 0 unspecified atom stereocenters. The third kappa shape index (κ3) is 4.60. The Labute approximate surface area is 188 Å². The lowest BCUT2D eigenvalue weighted by Gasteiger charge is -2.17. The number of aryl methyl sites for hydroxylation is 2. The second-order valence-corrected chi connectivity index (χ2v) is 8.37. The van der Waals surface area contributed by atoms with Crippen molar-refractivity contribution in [2.75, 3.05) is 40.5 Å². The Morgan fingerprint density at radius 1 is 0.969 bits per heavy atom. The summed E-state index contributed by atoms with van der Waals surface area (Å²) >= 11 is 0. The second-order valence-electron chi connectivity index (χ2n) is 8.37. The third-order valence-electron chi connectivity index (χ3n) is 6.03. The quantitative estimate of drug-likeness (QED) is 0.464. The third-order valence-corrected chi connectivity index (χ3v) is 6.03. The molecule has 0 saturated carbocycles. The maximum absolute atomic E-state index is 12.9. The standard InChI is InChI=1S/C26H31NO5/c1-17-12-19(13-18(2)26(17)31-11-7-10-27-8-5-6-9-27)22-16-21(28)25-23(30-4)14-20(29-3)15-24(25)32-22/h12-16H,5-11H2,1-4H3. The Hall–Kier alpha value is -2.99. The fourth-order valence-corrected chi connectivity index (χ4v) is 4.44. The fraction of sp³-hybridized carbons (Fsp3) is 0.423. The molecule has 3 aromatic rings. The first kappa shape index (κ1) is 22.2. The van der Waals surface area contributed by atoms with Crippen LogP contribution in [0.5, 0.6) is 17.2 Å². The maximum atomic E-state index is 12.9. The maximum Gasteiger partial charge on any atom is 0.197 e. The molecule has 2 heterocycles. The van der Waals surface area contributed by atoms with Crippen molar-refractivity contribution in [3.05, 3.63) is 51.7 Å². The Kier molecular flexibility index (Phi) is 6.70. The number of likely N-dealkylation sites (tertiary alicyclic amines) is 1. The Morgan fingerprint density at radius 2 is 1.69 bits per heavy atom. The molecule has 2 aromatic carbocycles. The van der Waals surface area contributed by atoms with Crippen molar-refractivity contribution in [1.29, 1.82) is 0 Å². The van der Waals surface area contributed by atoms with Crippen molar-refractivity contribution in [3.8, 4) is 28.6 Å². The Morgan fingerprint density at radius 3 is 2.34 bits per heavy atom. The molecule has 0 atom stereocenters. The molecule has 1 aliphatic rings. The van der Waals surface area contributed by atoms with Crippen molar-refractivity contribution in [2.24, 2.45) is 0 Å². The van der Waals surface area contributed by atoms with Crippen LogP contribution < -0.4 is 19.6 Å². The van der Waals surface area contributed by atoms with Crippen molar-refractivity contribution < 1.29 is 18.6 Å². The first-order valence-electron chi connectivity index (χ1n) is 11.2. The van der Waals surface area contributed by atoms with Gasteiger partial charge in [-0.05, 0) is 69.5 Å². The predicted molar refractivity (Wildman–Crippen MR) is 126 cm³/mol. The van der Waals surface area contributed by atoms with E-state index in [4.69, 9.17) is 18.6 Å². The van der Waals surface area contributed by atoms with Crippen LogP contribution in [0.2, 0.25) is 0 Å². The van der Waals surface area contributed by atoms with E-state index in [0.717, 1.165) is 35.4 Å². The lowest BCUT2D eigenvalue weighted by Crippen LogP contribution is -2.22. The highest BCUT2D eigenvalue weighted by Gasteiger charge is 2.16. The minimum Gasteiger partial charge on any atom is -0.496 e. The molecule has 6 heteroatoms. The van der Waals surface area contributed by atoms with Crippen LogP contribution in [0.4, 0.5) is 0 Å². The van der Waals surface area contributed by atoms with Crippen LogP contribution in [0.15, 0.2) is 39.5 Å². The van der Waals surface area contributed by atoms with E-state index in [1.807, 2.05) is 26.0 Å². The highest BCUT2D eigenvalue weighted by Crippen LogP contribution is 2.34. The van der Waals surface area contributed by atoms with Crippen LogP contribution in [-0.2, 0) is 0 Å². The predicted octanol–water partition coefficient (Wildman–Crippen LogP) is 4.96. The number of nitrogens with zero attached hydrogens (tertiary/aromatic N) is 1. The van der Waals surface area contributed by atoms with Crippen LogP contribution in [0.3, 0.4) is 0 Å². The van der Waals surface area contributed by atoms with Gasteiger partial charge in [-0.3, -0.25) is 4.79 Å². The van der Waals surface area contributed by atoms with Crippen molar-refractivity contribution in [2.45, 2.75) is 33.1 Å². The summed E-state index contributed by atoms with van der Waals surface area (Å²) < 4.78 is 22.9. The molecule has 0 bridgehead atoms. The molecular weight excluding hydrogens is 406 g/mol. The molecule has 170 valence electrons. The van der Waals surface area contributed by atoms with Gasteiger partial charge in [-0.25, -0.2) is 0 Å². The van der Waals surface area contributed by atoms with Gasteiger partial charge >= 0.3 is 0 Å². The van der Waals surface area contributed by atoms with Crippen LogP contribution >= 0.6 is 0 Å². The van der Waals surface area contributed by atoms with Crippen molar-refractivity contribution in [3.63, 3.8) is 0 Å². The van der Waals surface area contributed by atoms with Crippen LogP contribution in [0, 0.1) is 13.8 Å². The lowest BCUT2D eigenvalue weighted by molar-refractivity contribution is 0.261. The van der Waals surface area contributed by atoms with Crippen LogP contribution in [0.1, 0.15) is 30.4 Å². The van der Waals surface area contributed by atoms with E-state index in [1.165, 1.54) is 39.1 Å². The summed E-state index contributed by atoms with van der Waals surface area (Å²) in [7, 11) is 3.09. The molecule has 0 aliphatic carbocycles. The normalized spacial score (nSPS) is 14.1. The van der Waals surface area contributed by atoms with E-state index in [-0.39, 0.29) is 5.43 Å². The van der Waals surface area contributed by atoms with Gasteiger partial charge in [0.2, 0.25) is 0 Å². The first-order chi connectivity index (χ1) is 15.5. The lowest BCUT2D eigenvalue weighted by atomic mass is 10.0. The zero-order valence-corrected chi connectivity index (χ0v) is 19.3. The summed E-state index contributed by atoms with van der Waals surface area (Å²) in [5.41, 5.74) is 3.16. The van der Waals surface area contributed by atoms with Gasteiger partial charge in [0.1, 0.15) is 34.0 Å².